The molecule has 0 N–H and O–H groups in total. The average molecular weight is 809 g/mol. The van der Waals surface area contributed by atoms with Crippen LogP contribution in [0.3, 0.4) is 0 Å². The molecule has 10 rings (SSSR count). The molecule has 0 aliphatic carbocycles. The Kier molecular flexibility index (Phi) is 9.54. The molecule has 0 amide bonds. The van der Waals surface area contributed by atoms with Crippen molar-refractivity contribution in [3.8, 4) is 73.0 Å². The number of rotatable bonds is 7. The lowest BCUT2D eigenvalue weighted by Crippen LogP contribution is -2.05. The molecule has 0 radical (unpaired) electrons. The molecule has 62 heavy (non-hydrogen) atoms. The topological polar surface area (TPSA) is 35.1 Å². The molecule has 7 heteroatoms. The van der Waals surface area contributed by atoms with Gasteiger partial charge in [0.25, 0.3) is 0 Å². The van der Waals surface area contributed by atoms with Gasteiger partial charge in [0.05, 0.1) is 40.2 Å². The van der Waals surface area contributed by atoms with E-state index < -0.39 is 11.7 Å². The van der Waals surface area contributed by atoms with Crippen LogP contribution in [0.4, 0.5) is 18.9 Å². The molecule has 8 aromatic carbocycles. The van der Waals surface area contributed by atoms with E-state index in [2.05, 4.69) is 70.1 Å². The predicted molar refractivity (Wildman–Crippen MR) is 245 cm³/mol. The van der Waals surface area contributed by atoms with Gasteiger partial charge in [-0.15, -0.1) is 0 Å². The summed E-state index contributed by atoms with van der Waals surface area (Å²) in [5, 5.41) is 2.03. The van der Waals surface area contributed by atoms with Crippen molar-refractivity contribution in [2.75, 3.05) is 0 Å². The summed E-state index contributed by atoms with van der Waals surface area (Å²) in [7, 11) is 0. The first-order valence-corrected chi connectivity index (χ1v) is 20.2. The maximum absolute atomic E-state index is 14.1. The van der Waals surface area contributed by atoms with Gasteiger partial charge in [0.15, 0.2) is 11.5 Å². The van der Waals surface area contributed by atoms with E-state index in [0.29, 0.717) is 28.2 Å². The van der Waals surface area contributed by atoms with E-state index in [1.54, 1.807) is 12.1 Å². The first-order chi connectivity index (χ1) is 30.2. The van der Waals surface area contributed by atoms with E-state index in [4.69, 9.17) is 16.5 Å². The molecule has 0 unspecified atom stereocenters. The number of aryl methyl sites for hydroxylation is 1. The molecular formula is C55H35F3N4. The van der Waals surface area contributed by atoms with Crippen molar-refractivity contribution in [1.82, 2.24) is 14.5 Å². The lowest BCUT2D eigenvalue weighted by molar-refractivity contribution is -0.137. The van der Waals surface area contributed by atoms with Gasteiger partial charge in [-0.3, -0.25) is 0 Å². The van der Waals surface area contributed by atoms with Crippen molar-refractivity contribution < 1.29 is 13.2 Å². The Morgan fingerprint density at radius 3 is 1.56 bits per heavy atom. The molecular weight excluding hydrogens is 774 g/mol. The van der Waals surface area contributed by atoms with Gasteiger partial charge >= 0.3 is 6.18 Å². The number of hydrogen-bond acceptors (Lipinski definition) is 2. The number of para-hydroxylation sites is 1. The van der Waals surface area contributed by atoms with Crippen molar-refractivity contribution in [2.45, 2.75) is 13.1 Å². The van der Waals surface area contributed by atoms with E-state index in [1.165, 1.54) is 0 Å². The SMILES string of the molecule is [C-]#[N+]c1ccc(-c2ccc3c(c2)c2ccccc2n3-c2c(-c3ccc(C)cc3)cc(-c3nc(-c4ccccc4)cc(-c4ccccc4)n3)cc2-c2ccc(C(F)(F)F)cc2)cc1. The zero-order chi connectivity index (χ0) is 42.4. The van der Waals surface area contributed by atoms with Crippen molar-refractivity contribution in [2.24, 2.45) is 0 Å². The highest BCUT2D eigenvalue weighted by molar-refractivity contribution is 6.12. The van der Waals surface area contributed by atoms with Crippen molar-refractivity contribution >= 4 is 27.5 Å². The third-order valence-electron chi connectivity index (χ3n) is 11.3. The summed E-state index contributed by atoms with van der Waals surface area (Å²) >= 11 is 0. The summed E-state index contributed by atoms with van der Waals surface area (Å²) < 4.78 is 44.5. The lowest BCUT2D eigenvalue weighted by atomic mass is 9.91. The molecule has 2 aromatic heterocycles. The normalized spacial score (nSPS) is 11.5. The summed E-state index contributed by atoms with van der Waals surface area (Å²) in [4.78, 5) is 13.9. The van der Waals surface area contributed by atoms with Gasteiger partial charge in [-0.1, -0.05) is 151 Å². The first-order valence-electron chi connectivity index (χ1n) is 20.2. The molecule has 4 nitrogen and oxygen atoms in total. The number of aromatic nitrogens is 3. The smallest absolute Gasteiger partial charge is 0.308 e. The molecule has 2 heterocycles. The van der Waals surface area contributed by atoms with E-state index in [0.717, 1.165) is 90.0 Å². The zero-order valence-corrected chi connectivity index (χ0v) is 33.4. The van der Waals surface area contributed by atoms with Gasteiger partial charge in [-0.05, 0) is 77.7 Å². The predicted octanol–water partition coefficient (Wildman–Crippen LogP) is 15.5. The minimum atomic E-state index is -4.50. The van der Waals surface area contributed by atoms with Gasteiger partial charge in [0.1, 0.15) is 0 Å². The second-order valence-electron chi connectivity index (χ2n) is 15.3. The van der Waals surface area contributed by atoms with E-state index in [9.17, 15) is 13.2 Å². The van der Waals surface area contributed by atoms with Crippen LogP contribution >= 0.6 is 0 Å². The molecule has 0 spiro atoms. The average Bonchev–Trinajstić information content (AvgIpc) is 3.65. The number of halogens is 3. The fraction of sp³-hybridized carbons (Fsp3) is 0.0364. The molecule has 0 atom stereocenters. The monoisotopic (exact) mass is 808 g/mol. The van der Waals surface area contributed by atoms with Crippen LogP contribution in [0.1, 0.15) is 11.1 Å². The minimum Gasteiger partial charge on any atom is -0.308 e. The van der Waals surface area contributed by atoms with Crippen LogP contribution in [0, 0.1) is 13.5 Å². The molecule has 0 saturated heterocycles. The maximum atomic E-state index is 14.1. The standard InChI is InChI=1S/C55H35F3N4/c1-35-17-19-37(20-18-35)46-32-42(54-60-49(39-11-5-3-6-12-39)34-50(61-54)40-13-7-4-8-14-40)33-47(38-21-26-43(27-22-38)55(56,57)58)53(46)62-51-16-10-9-15-45(51)48-31-41(25-30-52(48)62)36-23-28-44(59-2)29-24-36/h3-34H,1H3. The summed E-state index contributed by atoms with van der Waals surface area (Å²) in [5.74, 6) is 0.481. The Morgan fingerprint density at radius 2 is 0.984 bits per heavy atom. The molecule has 296 valence electrons. The third-order valence-corrected chi connectivity index (χ3v) is 11.3. The fourth-order valence-electron chi connectivity index (χ4n) is 8.23. The quantitative estimate of drug-likeness (QED) is 0.150. The Hall–Kier alpha value is -8.08. The Balaban J connectivity index is 1.30. The van der Waals surface area contributed by atoms with Crippen LogP contribution in [0.2, 0.25) is 0 Å². The van der Waals surface area contributed by atoms with E-state index in [1.807, 2.05) is 116 Å². The minimum absolute atomic E-state index is 0.481. The van der Waals surface area contributed by atoms with Gasteiger partial charge in [-0.2, -0.15) is 13.2 Å². The number of fused-ring (bicyclic) bond motifs is 3. The van der Waals surface area contributed by atoms with Gasteiger partial charge in [0, 0.05) is 38.6 Å². The highest BCUT2D eigenvalue weighted by Gasteiger charge is 2.30. The second-order valence-corrected chi connectivity index (χ2v) is 15.3. The first kappa shape index (κ1) is 38.1. The van der Waals surface area contributed by atoms with E-state index in [-0.39, 0.29) is 0 Å². The molecule has 10 aromatic rings. The van der Waals surface area contributed by atoms with Crippen molar-refractivity contribution in [3.05, 3.63) is 217 Å². The van der Waals surface area contributed by atoms with Crippen LogP contribution in [0.5, 0.6) is 0 Å². The van der Waals surface area contributed by atoms with Crippen LogP contribution in [-0.4, -0.2) is 14.5 Å². The maximum Gasteiger partial charge on any atom is 0.416 e. The van der Waals surface area contributed by atoms with E-state index >= 15 is 0 Å². The van der Waals surface area contributed by atoms with Crippen molar-refractivity contribution in [1.29, 1.82) is 0 Å². The number of benzene rings is 8. The van der Waals surface area contributed by atoms with Crippen LogP contribution in [0.25, 0.3) is 99.6 Å². The summed E-state index contributed by atoms with van der Waals surface area (Å²) in [5.41, 5.74) is 12.7. The molecule has 0 aliphatic heterocycles. The van der Waals surface area contributed by atoms with Gasteiger partial charge < -0.3 is 4.57 Å². The Morgan fingerprint density at radius 1 is 0.468 bits per heavy atom. The summed E-state index contributed by atoms with van der Waals surface area (Å²) in [6, 6.07) is 61.9. The fourth-order valence-corrected chi connectivity index (χ4v) is 8.23. The second kappa shape index (κ2) is 15.5. The van der Waals surface area contributed by atoms with Crippen LogP contribution < -0.4 is 0 Å². The number of nitrogens with zero attached hydrogens (tertiary/aromatic N) is 4. The highest BCUT2D eigenvalue weighted by Crippen LogP contribution is 2.45. The third kappa shape index (κ3) is 7.08. The highest BCUT2D eigenvalue weighted by atomic mass is 19.4. The summed E-state index contributed by atoms with van der Waals surface area (Å²) in [6.45, 7) is 9.47. The van der Waals surface area contributed by atoms with Gasteiger partial charge in [0.2, 0.25) is 0 Å². The zero-order valence-electron chi connectivity index (χ0n) is 33.4. The Bertz CT molecular complexity index is 3250. The molecule has 0 bridgehead atoms. The van der Waals surface area contributed by atoms with Crippen LogP contribution in [0.15, 0.2) is 194 Å². The number of hydrogen-bond donors (Lipinski definition) is 0. The summed E-state index contributed by atoms with van der Waals surface area (Å²) in [6.07, 6.45) is -4.50. The Labute approximate surface area is 356 Å². The largest absolute Gasteiger partial charge is 0.416 e. The number of alkyl halides is 3. The van der Waals surface area contributed by atoms with Crippen molar-refractivity contribution in [3.63, 3.8) is 0 Å². The molecule has 0 aliphatic rings. The molecule has 0 saturated carbocycles. The lowest BCUT2D eigenvalue weighted by Gasteiger charge is -2.21. The van der Waals surface area contributed by atoms with Crippen LogP contribution in [-0.2, 0) is 6.18 Å². The molecule has 0 fully saturated rings. The van der Waals surface area contributed by atoms with Gasteiger partial charge in [-0.25, -0.2) is 14.8 Å².